The zero-order valence-electron chi connectivity index (χ0n) is 10.3. The van der Waals surface area contributed by atoms with E-state index in [0.717, 1.165) is 0 Å². The topological polar surface area (TPSA) is 100 Å². The van der Waals surface area contributed by atoms with Gasteiger partial charge in [-0.05, 0) is 19.1 Å². The van der Waals surface area contributed by atoms with Crippen LogP contribution in [0.25, 0.3) is 0 Å². The Kier molecular flexibility index (Phi) is 3.65. The van der Waals surface area contributed by atoms with E-state index in [0.29, 0.717) is 11.5 Å². The quantitative estimate of drug-likeness (QED) is 0.741. The number of hydrogen-bond donors (Lipinski definition) is 3. The number of hydrogen-bond acceptors (Lipinski definition) is 3. The summed E-state index contributed by atoms with van der Waals surface area (Å²) in [6, 6.07) is 2.93. The first-order valence-electron chi connectivity index (χ1n) is 5.75. The molecule has 1 atom stereocenters. The summed E-state index contributed by atoms with van der Waals surface area (Å²) in [5.41, 5.74) is 0.306. The fraction of sp³-hybridized carbons (Fsp3) is 0.250. The van der Waals surface area contributed by atoms with Gasteiger partial charge in [0.15, 0.2) is 0 Å². The van der Waals surface area contributed by atoms with E-state index in [-0.39, 0.29) is 18.5 Å². The number of nitrogens with one attached hydrogen (secondary N) is 2. The zero-order chi connectivity index (χ0) is 13.8. The molecule has 0 fully saturated rings. The summed E-state index contributed by atoms with van der Waals surface area (Å²) in [6.45, 7) is 1.55. The highest BCUT2D eigenvalue weighted by atomic mass is 16.4. The maximum Gasteiger partial charge on any atom is 0.323 e. The molecule has 0 aromatic carbocycles. The van der Waals surface area contributed by atoms with Crippen LogP contribution >= 0.6 is 0 Å². The third-order valence-electron chi connectivity index (χ3n) is 2.64. The molecule has 0 saturated carbocycles. The van der Waals surface area contributed by atoms with Gasteiger partial charge in [-0.1, -0.05) is 0 Å². The van der Waals surface area contributed by atoms with Gasteiger partial charge in [0.05, 0.1) is 6.04 Å². The molecule has 0 radical (unpaired) electrons. The Morgan fingerprint density at radius 3 is 3.00 bits per heavy atom. The Morgan fingerprint density at radius 2 is 2.37 bits per heavy atom. The lowest BCUT2D eigenvalue weighted by Crippen LogP contribution is -2.29. The number of aliphatic carboxylic acids is 1. The van der Waals surface area contributed by atoms with Crippen LogP contribution in [-0.4, -0.2) is 31.5 Å². The normalized spacial score (nSPS) is 12.1. The highest BCUT2D eigenvalue weighted by Crippen LogP contribution is 2.08. The number of H-pyrrole nitrogens is 1. The molecule has 7 nitrogen and oxygen atoms in total. The van der Waals surface area contributed by atoms with Crippen molar-refractivity contribution in [1.29, 1.82) is 0 Å². The van der Waals surface area contributed by atoms with Gasteiger partial charge in [-0.3, -0.25) is 9.59 Å². The monoisotopic (exact) mass is 262 g/mol. The minimum atomic E-state index is -0.996. The number of carboxylic acid groups (broad SMARTS) is 1. The molecule has 7 heteroatoms. The van der Waals surface area contributed by atoms with E-state index in [2.05, 4.69) is 15.3 Å². The molecule has 2 aromatic heterocycles. The Morgan fingerprint density at radius 1 is 1.58 bits per heavy atom. The predicted octanol–water partition coefficient (Wildman–Crippen LogP) is 0.787. The van der Waals surface area contributed by atoms with Crippen LogP contribution in [0.1, 0.15) is 29.3 Å². The van der Waals surface area contributed by atoms with Gasteiger partial charge in [-0.2, -0.15) is 0 Å². The second-order valence-corrected chi connectivity index (χ2v) is 4.08. The molecule has 2 heterocycles. The molecular weight excluding hydrogens is 248 g/mol. The lowest BCUT2D eigenvalue weighted by Gasteiger charge is -2.12. The summed E-state index contributed by atoms with van der Waals surface area (Å²) in [5, 5.41) is 11.5. The number of carboxylic acids is 1. The molecule has 3 N–H and O–H groups in total. The molecule has 0 spiro atoms. The van der Waals surface area contributed by atoms with Crippen LogP contribution in [0, 0.1) is 0 Å². The lowest BCUT2D eigenvalue weighted by molar-refractivity contribution is -0.137. The van der Waals surface area contributed by atoms with Crippen molar-refractivity contribution in [2.75, 3.05) is 0 Å². The fourth-order valence-electron chi connectivity index (χ4n) is 1.76. The highest BCUT2D eigenvalue weighted by molar-refractivity contribution is 5.93. The van der Waals surface area contributed by atoms with Gasteiger partial charge in [0, 0.05) is 18.6 Å². The van der Waals surface area contributed by atoms with Crippen molar-refractivity contribution in [1.82, 2.24) is 19.9 Å². The van der Waals surface area contributed by atoms with Gasteiger partial charge in [0.25, 0.3) is 5.91 Å². The number of carbonyl (C=O) groups excluding carboxylic acids is 1. The summed E-state index contributed by atoms with van der Waals surface area (Å²) in [7, 11) is 0. The number of imidazole rings is 1. The van der Waals surface area contributed by atoms with E-state index in [1.165, 1.54) is 4.57 Å². The van der Waals surface area contributed by atoms with Gasteiger partial charge in [-0.25, -0.2) is 4.98 Å². The largest absolute Gasteiger partial charge is 0.480 e. The van der Waals surface area contributed by atoms with Gasteiger partial charge in [0.1, 0.15) is 18.1 Å². The summed E-state index contributed by atoms with van der Waals surface area (Å²) in [5.74, 6) is -0.691. The smallest absolute Gasteiger partial charge is 0.323 e. The first-order valence-corrected chi connectivity index (χ1v) is 5.75. The lowest BCUT2D eigenvalue weighted by atomic mass is 10.3. The number of rotatable bonds is 5. The molecule has 0 bridgehead atoms. The molecule has 19 heavy (non-hydrogen) atoms. The molecule has 100 valence electrons. The first kappa shape index (κ1) is 12.9. The van der Waals surface area contributed by atoms with Crippen LogP contribution in [0.15, 0.2) is 30.7 Å². The number of aromatic nitrogens is 3. The number of amides is 1. The molecule has 2 rings (SSSR count). The minimum absolute atomic E-state index is 0.245. The maximum absolute atomic E-state index is 12.0. The van der Waals surface area contributed by atoms with Crippen molar-refractivity contribution in [3.05, 3.63) is 42.2 Å². The van der Waals surface area contributed by atoms with Crippen LogP contribution in [0.2, 0.25) is 0 Å². The summed E-state index contributed by atoms with van der Waals surface area (Å²) in [4.78, 5) is 29.7. The third kappa shape index (κ3) is 3.01. The van der Waals surface area contributed by atoms with Crippen LogP contribution in [0.5, 0.6) is 0 Å². The molecule has 1 amide bonds. The Labute approximate surface area is 109 Å². The summed E-state index contributed by atoms with van der Waals surface area (Å²) < 4.78 is 1.38. The van der Waals surface area contributed by atoms with Crippen LogP contribution in [-0.2, 0) is 11.3 Å². The van der Waals surface area contributed by atoms with Crippen molar-refractivity contribution in [2.45, 2.75) is 19.5 Å². The SMILES string of the molecule is CC(NC(=O)c1cccn1CC(=O)O)c1ncc[nH]1. The Bertz CT molecular complexity index is 574. The molecule has 1 unspecified atom stereocenters. The van der Waals surface area contributed by atoms with Crippen molar-refractivity contribution in [3.8, 4) is 0 Å². The minimum Gasteiger partial charge on any atom is -0.480 e. The van der Waals surface area contributed by atoms with E-state index >= 15 is 0 Å². The number of aromatic amines is 1. The van der Waals surface area contributed by atoms with Gasteiger partial charge in [0.2, 0.25) is 0 Å². The highest BCUT2D eigenvalue weighted by Gasteiger charge is 2.16. The van der Waals surface area contributed by atoms with E-state index in [9.17, 15) is 9.59 Å². The van der Waals surface area contributed by atoms with Crippen molar-refractivity contribution in [3.63, 3.8) is 0 Å². The fourth-order valence-corrected chi connectivity index (χ4v) is 1.76. The van der Waals surface area contributed by atoms with Crippen molar-refractivity contribution in [2.24, 2.45) is 0 Å². The van der Waals surface area contributed by atoms with E-state index in [1.54, 1.807) is 37.6 Å². The zero-order valence-corrected chi connectivity index (χ0v) is 10.3. The average molecular weight is 262 g/mol. The molecule has 0 saturated heterocycles. The molecule has 2 aromatic rings. The molecule has 0 aliphatic heterocycles. The maximum atomic E-state index is 12.0. The van der Waals surface area contributed by atoms with Crippen LogP contribution in [0.4, 0.5) is 0 Å². The van der Waals surface area contributed by atoms with E-state index < -0.39 is 5.97 Å². The van der Waals surface area contributed by atoms with Crippen LogP contribution < -0.4 is 5.32 Å². The Hall–Kier alpha value is -2.57. The van der Waals surface area contributed by atoms with E-state index in [1.807, 2.05) is 0 Å². The summed E-state index contributed by atoms with van der Waals surface area (Å²) >= 11 is 0. The standard InChI is InChI=1S/C12H14N4O3/c1-8(11-13-4-5-14-11)15-12(19)9-3-2-6-16(9)7-10(17)18/h2-6,8H,7H2,1H3,(H,13,14)(H,15,19)(H,17,18). The third-order valence-corrected chi connectivity index (χ3v) is 2.64. The second-order valence-electron chi connectivity index (χ2n) is 4.08. The number of nitrogens with zero attached hydrogens (tertiary/aromatic N) is 2. The average Bonchev–Trinajstić information content (AvgIpc) is 2.97. The van der Waals surface area contributed by atoms with Crippen molar-refractivity contribution >= 4 is 11.9 Å². The summed E-state index contributed by atoms with van der Waals surface area (Å²) in [6.07, 6.45) is 4.83. The molecule has 0 aliphatic carbocycles. The van der Waals surface area contributed by atoms with Crippen LogP contribution in [0.3, 0.4) is 0 Å². The van der Waals surface area contributed by atoms with Gasteiger partial charge >= 0.3 is 5.97 Å². The Balaban J connectivity index is 2.08. The first-order chi connectivity index (χ1) is 9.08. The molecular formula is C12H14N4O3. The van der Waals surface area contributed by atoms with Gasteiger partial charge < -0.3 is 20.0 Å². The van der Waals surface area contributed by atoms with Gasteiger partial charge in [-0.15, -0.1) is 0 Å². The van der Waals surface area contributed by atoms with Crippen molar-refractivity contribution < 1.29 is 14.7 Å². The molecule has 0 aliphatic rings. The second kappa shape index (κ2) is 5.38. The van der Waals surface area contributed by atoms with E-state index in [4.69, 9.17) is 5.11 Å². The predicted molar refractivity (Wildman–Crippen MR) is 66.5 cm³/mol. The number of carbonyl (C=O) groups is 2.